The quantitative estimate of drug-likeness (QED) is 0.802. The van der Waals surface area contributed by atoms with Crippen molar-refractivity contribution in [1.82, 2.24) is 14.0 Å². The summed E-state index contributed by atoms with van der Waals surface area (Å²) >= 11 is 6.15. The summed E-state index contributed by atoms with van der Waals surface area (Å²) in [6, 6.07) is 4.45. The van der Waals surface area contributed by atoms with Crippen LogP contribution in [0.3, 0.4) is 0 Å². The van der Waals surface area contributed by atoms with Crippen LogP contribution in [0.4, 0.5) is 0 Å². The molecule has 7 nitrogen and oxygen atoms in total. The second-order valence-electron chi connectivity index (χ2n) is 5.71. The Morgan fingerprint density at radius 1 is 1.24 bits per heavy atom. The fraction of sp³-hybridized carbons (Fsp3) is 0.357. The molecule has 0 bridgehead atoms. The van der Waals surface area contributed by atoms with Gasteiger partial charge >= 0.3 is 0 Å². The summed E-state index contributed by atoms with van der Waals surface area (Å²) < 4.78 is 52.4. The smallest absolute Gasteiger partial charge is 0.243 e. The van der Waals surface area contributed by atoms with Gasteiger partial charge in [0.2, 0.25) is 20.0 Å². The highest BCUT2D eigenvalue weighted by atomic mass is 35.5. The Bertz CT molecular complexity index is 991. The van der Waals surface area contributed by atoms with Gasteiger partial charge in [0.05, 0.1) is 16.2 Å². The molecule has 1 saturated heterocycles. The van der Waals surface area contributed by atoms with Crippen molar-refractivity contribution in [2.45, 2.75) is 17.4 Å². The predicted molar refractivity (Wildman–Crippen MR) is 99.1 cm³/mol. The van der Waals surface area contributed by atoms with E-state index in [4.69, 9.17) is 11.6 Å². The summed E-state index contributed by atoms with van der Waals surface area (Å²) in [5, 5.41) is 1.32. The topological polar surface area (TPSA) is 96.4 Å². The molecule has 0 spiro atoms. The highest BCUT2D eigenvalue weighted by Crippen LogP contribution is 2.32. The van der Waals surface area contributed by atoms with E-state index in [0.717, 1.165) is 6.26 Å². The number of hydrogen-bond donors (Lipinski definition) is 1. The van der Waals surface area contributed by atoms with Crippen LogP contribution in [-0.2, 0) is 20.0 Å². The Kier molecular flexibility index (Phi) is 5.97. The monoisotopic (exact) mass is 425 g/mol. The summed E-state index contributed by atoms with van der Waals surface area (Å²) in [6.45, 7) is 0.336. The van der Waals surface area contributed by atoms with E-state index < -0.39 is 26.1 Å². The number of benzene rings is 1. The molecule has 138 valence electrons. The lowest BCUT2D eigenvalue weighted by atomic mass is 10.2. The fourth-order valence-corrected chi connectivity index (χ4v) is 5.72. The number of halogens is 2. The third-order valence-electron chi connectivity index (χ3n) is 3.85. The molecule has 1 aliphatic rings. The maximum atomic E-state index is 13.0. The lowest BCUT2D eigenvalue weighted by Gasteiger charge is -2.18. The van der Waals surface area contributed by atoms with E-state index >= 15 is 0 Å². The van der Waals surface area contributed by atoms with E-state index in [1.165, 1.54) is 16.6 Å². The number of pyridine rings is 1. The van der Waals surface area contributed by atoms with Crippen molar-refractivity contribution in [2.75, 3.05) is 19.3 Å². The molecule has 0 aliphatic carbocycles. The van der Waals surface area contributed by atoms with Crippen molar-refractivity contribution in [1.29, 1.82) is 0 Å². The van der Waals surface area contributed by atoms with Crippen molar-refractivity contribution < 1.29 is 16.8 Å². The molecule has 2 heterocycles. The lowest BCUT2D eigenvalue weighted by Crippen LogP contribution is -2.37. The van der Waals surface area contributed by atoms with Crippen molar-refractivity contribution in [3.05, 3.63) is 35.6 Å². The third kappa shape index (κ3) is 4.24. The standard InChI is InChI=1S/C14H16ClN3O4S2.ClH/c1-23(19,20)17-11-5-6-18(9-11)24(21,22)13-4-2-3-10-7-16-8-12(15)14(10)13;/h2-4,7-8,11,17H,5-6,9H2,1H3;1H/t11-;/m1./s1. The van der Waals surface area contributed by atoms with E-state index in [2.05, 4.69) is 9.71 Å². The molecule has 1 atom stereocenters. The number of sulfonamides is 2. The van der Waals surface area contributed by atoms with Crippen LogP contribution in [0.5, 0.6) is 0 Å². The Balaban J connectivity index is 0.00000225. The first kappa shape index (κ1) is 20.3. The number of fused-ring (bicyclic) bond motifs is 1. The molecule has 1 aliphatic heterocycles. The van der Waals surface area contributed by atoms with Crippen LogP contribution < -0.4 is 4.72 Å². The Morgan fingerprint density at radius 2 is 1.96 bits per heavy atom. The minimum absolute atomic E-state index is 0. The normalized spacial score (nSPS) is 19.0. The molecule has 25 heavy (non-hydrogen) atoms. The third-order valence-corrected chi connectivity index (χ3v) is 6.80. The molecule has 0 unspecified atom stereocenters. The largest absolute Gasteiger partial charge is 0.263 e. The van der Waals surface area contributed by atoms with E-state index in [1.807, 2.05) is 0 Å². The molecule has 0 amide bonds. The number of rotatable bonds is 4. The molecule has 0 radical (unpaired) electrons. The van der Waals surface area contributed by atoms with Crippen LogP contribution in [0.1, 0.15) is 6.42 Å². The Hall–Kier alpha value is -0.970. The highest BCUT2D eigenvalue weighted by molar-refractivity contribution is 7.89. The molecule has 2 aromatic rings. The molecule has 1 aromatic carbocycles. The zero-order chi connectivity index (χ0) is 17.5. The minimum Gasteiger partial charge on any atom is -0.263 e. The number of nitrogens with one attached hydrogen (secondary N) is 1. The van der Waals surface area contributed by atoms with Gasteiger partial charge in [-0.1, -0.05) is 23.7 Å². The maximum absolute atomic E-state index is 13.0. The molecular weight excluding hydrogens is 409 g/mol. The van der Waals surface area contributed by atoms with Crippen molar-refractivity contribution in [3.63, 3.8) is 0 Å². The fourth-order valence-electron chi connectivity index (χ4n) is 2.86. The second-order valence-corrected chi connectivity index (χ2v) is 9.81. The average molecular weight is 426 g/mol. The molecule has 1 N–H and O–H groups in total. The van der Waals surface area contributed by atoms with Gasteiger partial charge in [0.25, 0.3) is 0 Å². The average Bonchev–Trinajstić information content (AvgIpc) is 2.94. The highest BCUT2D eigenvalue weighted by Gasteiger charge is 2.34. The van der Waals surface area contributed by atoms with Gasteiger partial charge in [-0.15, -0.1) is 12.4 Å². The van der Waals surface area contributed by atoms with Gasteiger partial charge in [0.15, 0.2) is 0 Å². The van der Waals surface area contributed by atoms with E-state index in [-0.39, 0.29) is 35.4 Å². The van der Waals surface area contributed by atoms with Crippen molar-refractivity contribution in [2.24, 2.45) is 0 Å². The molecular formula is C14H17Cl2N3O4S2. The SMILES string of the molecule is CS(=O)(=O)N[C@@H]1CCN(S(=O)(=O)c2cccc3cncc(Cl)c23)C1.Cl. The Labute approximate surface area is 157 Å². The van der Waals surface area contributed by atoms with Crippen LogP contribution in [0, 0.1) is 0 Å². The zero-order valence-electron chi connectivity index (χ0n) is 13.2. The second kappa shape index (κ2) is 7.34. The van der Waals surface area contributed by atoms with Gasteiger partial charge in [-0.2, -0.15) is 4.31 Å². The number of hydrogen-bond acceptors (Lipinski definition) is 5. The summed E-state index contributed by atoms with van der Waals surface area (Å²) in [5.41, 5.74) is 0. The Morgan fingerprint density at radius 3 is 2.64 bits per heavy atom. The number of aromatic nitrogens is 1. The van der Waals surface area contributed by atoms with Crippen LogP contribution in [0.25, 0.3) is 10.8 Å². The predicted octanol–water partition coefficient (Wildman–Crippen LogP) is 1.62. The minimum atomic E-state index is -3.79. The van der Waals surface area contributed by atoms with E-state index in [0.29, 0.717) is 17.2 Å². The van der Waals surface area contributed by atoms with E-state index in [1.54, 1.807) is 18.3 Å². The first-order valence-corrected chi connectivity index (χ1v) is 10.9. The van der Waals surface area contributed by atoms with Gasteiger partial charge in [0, 0.05) is 42.3 Å². The molecule has 3 rings (SSSR count). The summed E-state index contributed by atoms with van der Waals surface area (Å²) in [7, 11) is -7.17. The van der Waals surface area contributed by atoms with Crippen LogP contribution in [-0.4, -0.2) is 51.5 Å². The van der Waals surface area contributed by atoms with Crippen molar-refractivity contribution in [3.8, 4) is 0 Å². The molecule has 11 heteroatoms. The summed E-state index contributed by atoms with van der Waals surface area (Å²) in [4.78, 5) is 4.07. The molecule has 1 fully saturated rings. The van der Waals surface area contributed by atoms with Crippen LogP contribution >= 0.6 is 24.0 Å². The van der Waals surface area contributed by atoms with Gasteiger partial charge in [0.1, 0.15) is 0 Å². The zero-order valence-corrected chi connectivity index (χ0v) is 16.4. The van der Waals surface area contributed by atoms with Crippen molar-refractivity contribution >= 4 is 54.8 Å². The summed E-state index contributed by atoms with van der Waals surface area (Å²) in [6.07, 6.45) is 4.44. The van der Waals surface area contributed by atoms with Crippen LogP contribution in [0.15, 0.2) is 35.5 Å². The lowest BCUT2D eigenvalue weighted by molar-refractivity contribution is 0.468. The first-order chi connectivity index (χ1) is 11.2. The van der Waals surface area contributed by atoms with Gasteiger partial charge < -0.3 is 0 Å². The van der Waals surface area contributed by atoms with Gasteiger partial charge in [-0.25, -0.2) is 21.6 Å². The first-order valence-electron chi connectivity index (χ1n) is 7.18. The van der Waals surface area contributed by atoms with Gasteiger partial charge in [-0.05, 0) is 12.5 Å². The number of nitrogens with zero attached hydrogens (tertiary/aromatic N) is 2. The molecule has 0 saturated carbocycles. The summed E-state index contributed by atoms with van der Waals surface area (Å²) in [5.74, 6) is 0. The molecule has 1 aromatic heterocycles. The van der Waals surface area contributed by atoms with E-state index in [9.17, 15) is 16.8 Å². The maximum Gasteiger partial charge on any atom is 0.243 e. The van der Waals surface area contributed by atoms with Gasteiger partial charge in [-0.3, -0.25) is 4.98 Å². The van der Waals surface area contributed by atoms with Crippen LogP contribution in [0.2, 0.25) is 5.02 Å².